The molecule has 2 heterocycles. The number of hydrogen-bond acceptors (Lipinski definition) is 7. The first-order valence-corrected chi connectivity index (χ1v) is 12.0. The molecule has 1 N–H and O–H groups in total. The minimum atomic E-state index is -5.35. The number of rotatable bonds is 7. The molecule has 4 rings (SSSR count). The van der Waals surface area contributed by atoms with E-state index in [4.69, 9.17) is 14.2 Å². The van der Waals surface area contributed by atoms with Gasteiger partial charge in [0.1, 0.15) is 0 Å². The van der Waals surface area contributed by atoms with Gasteiger partial charge in [-0.05, 0) is 35.6 Å². The van der Waals surface area contributed by atoms with Gasteiger partial charge in [-0.2, -0.15) is 13.2 Å². The number of carbonyl (C=O) groups excluding carboxylic acids is 3. The van der Waals surface area contributed by atoms with Crippen molar-refractivity contribution >= 4 is 17.6 Å². The van der Waals surface area contributed by atoms with E-state index in [0.717, 1.165) is 17.0 Å². The average molecular weight is 548 g/mol. The standard InChI is InChI=1S/C27H28F3N3O6/c1-25(2)11-17-21(18(34)12-25)26(27(28,29)30,24(36)33(17)14-15-7-6-8-31-13-15)32-23(35)16-9-19(37-3)22(39-5)20(10-16)38-4/h6-10,13H,11-12,14H2,1-5H3,(H,32,35). The second-order valence-electron chi connectivity index (χ2n) is 10.1. The number of pyridine rings is 1. The van der Waals surface area contributed by atoms with Gasteiger partial charge in [-0.1, -0.05) is 19.9 Å². The number of methoxy groups -OCH3 is 3. The lowest BCUT2D eigenvalue weighted by molar-refractivity contribution is -0.190. The highest BCUT2D eigenvalue weighted by atomic mass is 19.4. The highest BCUT2D eigenvalue weighted by Gasteiger charge is 2.71. The van der Waals surface area contributed by atoms with Gasteiger partial charge in [-0.3, -0.25) is 19.4 Å². The van der Waals surface area contributed by atoms with Crippen LogP contribution in [0.1, 0.15) is 42.6 Å². The minimum Gasteiger partial charge on any atom is -0.493 e. The molecule has 1 aromatic heterocycles. The number of nitrogens with one attached hydrogen (secondary N) is 1. The van der Waals surface area contributed by atoms with Crippen molar-refractivity contribution in [1.82, 2.24) is 15.2 Å². The van der Waals surface area contributed by atoms with E-state index >= 15 is 13.2 Å². The van der Waals surface area contributed by atoms with Crippen LogP contribution in [-0.4, -0.2) is 60.5 Å². The van der Waals surface area contributed by atoms with E-state index in [1.54, 1.807) is 26.0 Å². The Kier molecular flexibility index (Phi) is 7.09. The van der Waals surface area contributed by atoms with Crippen molar-refractivity contribution < 1.29 is 41.8 Å². The Balaban J connectivity index is 1.87. The number of hydrogen-bond donors (Lipinski definition) is 1. The van der Waals surface area contributed by atoms with Crippen molar-refractivity contribution in [2.45, 2.75) is 44.9 Å². The first-order valence-electron chi connectivity index (χ1n) is 12.0. The zero-order valence-electron chi connectivity index (χ0n) is 22.1. The van der Waals surface area contributed by atoms with E-state index in [1.807, 2.05) is 5.32 Å². The van der Waals surface area contributed by atoms with Crippen molar-refractivity contribution in [3.63, 3.8) is 0 Å². The number of ketones is 1. The summed E-state index contributed by atoms with van der Waals surface area (Å²) in [6.45, 7) is 3.22. The quantitative estimate of drug-likeness (QED) is 0.562. The van der Waals surface area contributed by atoms with E-state index in [2.05, 4.69) is 4.98 Å². The SMILES string of the molecule is COc1cc(C(=O)NC2(C(F)(F)F)C(=O)N(Cc3cccnc3)C3=C2C(=O)CC(C)(C)C3)cc(OC)c1OC. The molecule has 9 nitrogen and oxygen atoms in total. The topological polar surface area (TPSA) is 107 Å². The number of nitrogens with zero attached hydrogens (tertiary/aromatic N) is 2. The Hall–Kier alpha value is -4.09. The Morgan fingerprint density at radius 3 is 2.23 bits per heavy atom. The second kappa shape index (κ2) is 9.90. The molecule has 0 bridgehead atoms. The molecule has 1 aliphatic carbocycles. The molecule has 1 aromatic carbocycles. The van der Waals surface area contributed by atoms with E-state index in [-0.39, 0.29) is 47.9 Å². The molecule has 2 aromatic rings. The predicted molar refractivity (Wildman–Crippen MR) is 132 cm³/mol. The molecular formula is C27H28F3N3O6. The molecule has 1 atom stereocenters. The molecule has 0 fully saturated rings. The Morgan fingerprint density at radius 1 is 1.08 bits per heavy atom. The lowest BCUT2D eigenvalue weighted by atomic mass is 9.72. The lowest BCUT2D eigenvalue weighted by Crippen LogP contribution is -2.66. The average Bonchev–Trinajstić information content (AvgIpc) is 3.10. The fourth-order valence-electron chi connectivity index (χ4n) is 5.12. The number of ether oxygens (including phenoxy) is 3. The van der Waals surface area contributed by atoms with Gasteiger partial charge < -0.3 is 24.4 Å². The number of alkyl halides is 3. The summed E-state index contributed by atoms with van der Waals surface area (Å²) in [5.41, 5.74) is -4.95. The summed E-state index contributed by atoms with van der Waals surface area (Å²) in [6, 6.07) is 5.52. The maximum atomic E-state index is 15.1. The molecule has 39 heavy (non-hydrogen) atoms. The smallest absolute Gasteiger partial charge is 0.425 e. The lowest BCUT2D eigenvalue weighted by Gasteiger charge is -2.35. The monoisotopic (exact) mass is 547 g/mol. The molecular weight excluding hydrogens is 519 g/mol. The zero-order valence-corrected chi connectivity index (χ0v) is 22.1. The molecule has 208 valence electrons. The van der Waals surface area contributed by atoms with Gasteiger partial charge in [-0.15, -0.1) is 0 Å². The maximum absolute atomic E-state index is 15.1. The third kappa shape index (κ3) is 4.68. The molecule has 2 amide bonds. The van der Waals surface area contributed by atoms with Crippen LogP contribution >= 0.6 is 0 Å². The van der Waals surface area contributed by atoms with Crippen LogP contribution in [0.2, 0.25) is 0 Å². The summed E-state index contributed by atoms with van der Waals surface area (Å²) >= 11 is 0. The normalized spacial score (nSPS) is 20.6. The molecule has 1 unspecified atom stereocenters. The van der Waals surface area contributed by atoms with Crippen molar-refractivity contribution in [1.29, 1.82) is 0 Å². The number of amides is 2. The number of halogens is 3. The highest BCUT2D eigenvalue weighted by Crippen LogP contribution is 2.52. The molecule has 2 aliphatic rings. The number of benzene rings is 1. The van der Waals surface area contributed by atoms with Crippen LogP contribution in [0.15, 0.2) is 47.9 Å². The molecule has 0 radical (unpaired) electrons. The third-order valence-corrected chi connectivity index (χ3v) is 6.84. The Morgan fingerprint density at radius 2 is 1.72 bits per heavy atom. The minimum absolute atomic E-state index is 0.0226. The first kappa shape index (κ1) is 27.9. The molecule has 0 saturated carbocycles. The van der Waals surface area contributed by atoms with Crippen molar-refractivity contribution in [2.75, 3.05) is 21.3 Å². The van der Waals surface area contributed by atoms with E-state index < -0.39 is 40.3 Å². The fourth-order valence-corrected chi connectivity index (χ4v) is 5.12. The third-order valence-electron chi connectivity index (χ3n) is 6.84. The Bertz CT molecular complexity index is 1330. The molecule has 0 saturated heterocycles. The van der Waals surface area contributed by atoms with E-state index in [0.29, 0.717) is 5.56 Å². The van der Waals surface area contributed by atoms with Gasteiger partial charge in [0.2, 0.25) is 11.3 Å². The number of Topliss-reactive ketones (excluding diaryl/α,β-unsaturated/α-hetero) is 1. The van der Waals surface area contributed by atoms with Crippen molar-refractivity contribution in [3.05, 3.63) is 59.1 Å². The van der Waals surface area contributed by atoms with Crippen LogP contribution in [0, 0.1) is 5.41 Å². The molecule has 0 spiro atoms. The first-order chi connectivity index (χ1) is 18.3. The number of carbonyl (C=O) groups is 3. The second-order valence-corrected chi connectivity index (χ2v) is 10.1. The predicted octanol–water partition coefficient (Wildman–Crippen LogP) is 3.82. The van der Waals surface area contributed by atoms with Crippen LogP contribution < -0.4 is 19.5 Å². The van der Waals surface area contributed by atoms with Crippen molar-refractivity contribution in [3.8, 4) is 17.2 Å². The summed E-state index contributed by atoms with van der Waals surface area (Å²) in [4.78, 5) is 45.5. The van der Waals surface area contributed by atoms with Crippen LogP contribution in [0.3, 0.4) is 0 Å². The summed E-state index contributed by atoms with van der Waals surface area (Å²) in [5, 5.41) is 1.91. The maximum Gasteiger partial charge on any atom is 0.425 e. The summed E-state index contributed by atoms with van der Waals surface area (Å²) in [7, 11) is 3.90. The summed E-state index contributed by atoms with van der Waals surface area (Å²) < 4.78 is 60.8. The van der Waals surface area contributed by atoms with Gasteiger partial charge in [0.15, 0.2) is 17.3 Å². The highest BCUT2D eigenvalue weighted by molar-refractivity contribution is 6.14. The zero-order chi connectivity index (χ0) is 28.8. The van der Waals surface area contributed by atoms with Crippen LogP contribution in [0.25, 0.3) is 0 Å². The van der Waals surface area contributed by atoms with E-state index in [9.17, 15) is 14.4 Å². The van der Waals surface area contributed by atoms with Gasteiger partial charge in [0.05, 0.1) is 33.4 Å². The fraction of sp³-hybridized carbons (Fsp3) is 0.407. The van der Waals surface area contributed by atoms with Gasteiger partial charge in [-0.25, -0.2) is 0 Å². The molecule has 12 heteroatoms. The molecule has 1 aliphatic heterocycles. The number of aromatic nitrogens is 1. The summed E-state index contributed by atoms with van der Waals surface area (Å²) in [6.07, 6.45) is -2.63. The largest absolute Gasteiger partial charge is 0.493 e. The van der Waals surface area contributed by atoms with Crippen molar-refractivity contribution in [2.24, 2.45) is 5.41 Å². The number of allylic oxidation sites excluding steroid dienone is 1. The Labute approximate surface area is 222 Å². The van der Waals surface area contributed by atoms with Gasteiger partial charge in [0.25, 0.3) is 11.8 Å². The van der Waals surface area contributed by atoms with Gasteiger partial charge >= 0.3 is 6.18 Å². The van der Waals surface area contributed by atoms with Crippen LogP contribution in [0.5, 0.6) is 17.2 Å². The van der Waals surface area contributed by atoms with E-state index in [1.165, 1.54) is 33.7 Å². The summed E-state index contributed by atoms with van der Waals surface area (Å²) in [5.74, 6) is -3.41. The van der Waals surface area contributed by atoms with Gasteiger partial charge in [0, 0.05) is 30.1 Å². The van der Waals surface area contributed by atoms with Crippen LogP contribution in [-0.2, 0) is 16.1 Å². The van der Waals surface area contributed by atoms with Crippen LogP contribution in [0.4, 0.5) is 13.2 Å².